The maximum atomic E-state index is 13.0. The molecule has 1 aliphatic heterocycles. The third kappa shape index (κ3) is 2.33. The van der Waals surface area contributed by atoms with Crippen LogP contribution in [0.1, 0.15) is 36.2 Å². The number of hydrogen-bond donors (Lipinski definition) is 0. The van der Waals surface area contributed by atoms with Gasteiger partial charge in [-0.25, -0.2) is 4.39 Å². The number of rotatable bonds is 1. The topological polar surface area (TPSA) is 20.3 Å². The molecule has 1 fully saturated rings. The molecule has 3 heteroatoms. The van der Waals surface area contributed by atoms with Crippen LogP contribution in [0.5, 0.6) is 0 Å². The second kappa shape index (κ2) is 4.47. The molecular formula is C14H18FNO. The molecule has 1 aromatic carbocycles. The SMILES string of the molecule is Cc1cc(F)ccc1C(=O)N1CC(C)CC1C. The molecular weight excluding hydrogens is 217 g/mol. The first kappa shape index (κ1) is 12.1. The summed E-state index contributed by atoms with van der Waals surface area (Å²) in [6, 6.07) is 4.63. The van der Waals surface area contributed by atoms with Crippen molar-refractivity contribution in [2.75, 3.05) is 6.54 Å². The lowest BCUT2D eigenvalue weighted by Gasteiger charge is -2.22. The highest BCUT2D eigenvalue weighted by molar-refractivity contribution is 5.96. The summed E-state index contributed by atoms with van der Waals surface area (Å²) in [7, 11) is 0. The number of nitrogens with zero attached hydrogens (tertiary/aromatic N) is 1. The average molecular weight is 235 g/mol. The van der Waals surface area contributed by atoms with Crippen LogP contribution in [0.15, 0.2) is 18.2 Å². The van der Waals surface area contributed by atoms with E-state index < -0.39 is 0 Å². The van der Waals surface area contributed by atoms with Crippen LogP contribution in [0.4, 0.5) is 4.39 Å². The molecule has 0 saturated carbocycles. The molecule has 2 unspecified atom stereocenters. The van der Waals surface area contributed by atoms with E-state index in [-0.39, 0.29) is 17.8 Å². The maximum Gasteiger partial charge on any atom is 0.254 e. The van der Waals surface area contributed by atoms with E-state index in [4.69, 9.17) is 0 Å². The molecule has 0 radical (unpaired) electrons. The molecule has 1 aromatic rings. The zero-order valence-corrected chi connectivity index (χ0v) is 10.5. The van der Waals surface area contributed by atoms with Crippen LogP contribution in [-0.4, -0.2) is 23.4 Å². The van der Waals surface area contributed by atoms with Crippen molar-refractivity contribution in [2.45, 2.75) is 33.2 Å². The van der Waals surface area contributed by atoms with Crippen molar-refractivity contribution in [3.63, 3.8) is 0 Å². The average Bonchev–Trinajstić information content (AvgIpc) is 2.57. The standard InChI is InChI=1S/C14H18FNO/c1-9-6-11(3)16(8-9)14(17)13-5-4-12(15)7-10(13)2/h4-5,7,9,11H,6,8H2,1-3H3. The molecule has 0 bridgehead atoms. The van der Waals surface area contributed by atoms with E-state index in [1.807, 2.05) is 4.90 Å². The van der Waals surface area contributed by atoms with Crippen LogP contribution in [0.25, 0.3) is 0 Å². The van der Waals surface area contributed by atoms with E-state index in [2.05, 4.69) is 13.8 Å². The predicted octanol–water partition coefficient (Wildman–Crippen LogP) is 3.00. The molecule has 0 aliphatic carbocycles. The van der Waals surface area contributed by atoms with Crippen molar-refractivity contribution in [1.82, 2.24) is 4.90 Å². The summed E-state index contributed by atoms with van der Waals surface area (Å²) < 4.78 is 13.0. The monoisotopic (exact) mass is 235 g/mol. The Morgan fingerprint density at radius 3 is 2.65 bits per heavy atom. The molecule has 2 atom stereocenters. The molecule has 2 nitrogen and oxygen atoms in total. The van der Waals surface area contributed by atoms with E-state index in [0.717, 1.165) is 13.0 Å². The maximum absolute atomic E-state index is 13.0. The Hall–Kier alpha value is -1.38. The van der Waals surface area contributed by atoms with Crippen LogP contribution in [0.2, 0.25) is 0 Å². The van der Waals surface area contributed by atoms with Gasteiger partial charge in [-0.2, -0.15) is 0 Å². The van der Waals surface area contributed by atoms with Gasteiger partial charge in [0, 0.05) is 18.2 Å². The fourth-order valence-electron chi connectivity index (χ4n) is 2.60. The highest BCUT2D eigenvalue weighted by atomic mass is 19.1. The van der Waals surface area contributed by atoms with Crippen molar-refractivity contribution < 1.29 is 9.18 Å². The van der Waals surface area contributed by atoms with Gasteiger partial charge in [0.2, 0.25) is 0 Å². The second-order valence-corrected chi connectivity index (χ2v) is 5.11. The number of hydrogen-bond acceptors (Lipinski definition) is 1. The Balaban J connectivity index is 2.25. The second-order valence-electron chi connectivity index (χ2n) is 5.11. The first-order valence-corrected chi connectivity index (χ1v) is 6.06. The molecule has 1 heterocycles. The Bertz CT molecular complexity index is 444. The van der Waals surface area contributed by atoms with Crippen LogP contribution < -0.4 is 0 Å². The molecule has 0 aromatic heterocycles. The summed E-state index contributed by atoms with van der Waals surface area (Å²) in [5.74, 6) is 0.288. The van der Waals surface area contributed by atoms with Crippen molar-refractivity contribution in [2.24, 2.45) is 5.92 Å². The number of aryl methyl sites for hydroxylation is 1. The Labute approximate surface area is 101 Å². The van der Waals surface area contributed by atoms with Crippen LogP contribution in [0, 0.1) is 18.7 Å². The molecule has 1 saturated heterocycles. The van der Waals surface area contributed by atoms with E-state index in [1.165, 1.54) is 12.1 Å². The van der Waals surface area contributed by atoms with Gasteiger partial charge in [0.15, 0.2) is 0 Å². The minimum Gasteiger partial charge on any atom is -0.336 e. The normalized spacial score (nSPS) is 24.1. The minimum atomic E-state index is -0.290. The number of carbonyl (C=O) groups excluding carboxylic acids is 1. The molecule has 1 amide bonds. The largest absolute Gasteiger partial charge is 0.336 e. The van der Waals surface area contributed by atoms with Gasteiger partial charge in [-0.15, -0.1) is 0 Å². The zero-order valence-electron chi connectivity index (χ0n) is 10.5. The van der Waals surface area contributed by atoms with Crippen molar-refractivity contribution in [1.29, 1.82) is 0 Å². The van der Waals surface area contributed by atoms with E-state index in [9.17, 15) is 9.18 Å². The Morgan fingerprint density at radius 1 is 1.41 bits per heavy atom. The molecule has 2 rings (SSSR count). The Kier molecular flexibility index (Phi) is 3.18. The highest BCUT2D eigenvalue weighted by Gasteiger charge is 2.30. The van der Waals surface area contributed by atoms with Crippen molar-refractivity contribution in [3.05, 3.63) is 35.1 Å². The Morgan fingerprint density at radius 2 is 2.12 bits per heavy atom. The summed E-state index contributed by atoms with van der Waals surface area (Å²) in [6.07, 6.45) is 1.05. The lowest BCUT2D eigenvalue weighted by Crippen LogP contribution is -2.34. The smallest absolute Gasteiger partial charge is 0.254 e. The van der Waals surface area contributed by atoms with Gasteiger partial charge in [-0.1, -0.05) is 6.92 Å². The first-order valence-electron chi connectivity index (χ1n) is 6.06. The lowest BCUT2D eigenvalue weighted by atomic mass is 10.1. The van der Waals surface area contributed by atoms with Crippen molar-refractivity contribution >= 4 is 5.91 Å². The minimum absolute atomic E-state index is 0.0272. The van der Waals surface area contributed by atoms with Gasteiger partial charge in [-0.05, 0) is 49.9 Å². The number of benzene rings is 1. The fourth-order valence-corrected chi connectivity index (χ4v) is 2.60. The van der Waals surface area contributed by atoms with Crippen LogP contribution >= 0.6 is 0 Å². The summed E-state index contributed by atoms with van der Waals surface area (Å²) in [6.45, 7) is 6.80. The zero-order chi connectivity index (χ0) is 12.6. The molecule has 92 valence electrons. The first-order chi connectivity index (χ1) is 7.99. The van der Waals surface area contributed by atoms with Gasteiger partial charge < -0.3 is 4.90 Å². The van der Waals surface area contributed by atoms with Gasteiger partial charge >= 0.3 is 0 Å². The molecule has 1 aliphatic rings. The molecule has 0 spiro atoms. The van der Waals surface area contributed by atoms with E-state index in [0.29, 0.717) is 17.0 Å². The summed E-state index contributed by atoms with van der Waals surface area (Å²) >= 11 is 0. The third-order valence-electron chi connectivity index (χ3n) is 3.46. The summed E-state index contributed by atoms with van der Waals surface area (Å²) in [5, 5.41) is 0. The van der Waals surface area contributed by atoms with Gasteiger partial charge in [0.05, 0.1) is 0 Å². The van der Waals surface area contributed by atoms with E-state index >= 15 is 0 Å². The summed E-state index contributed by atoms with van der Waals surface area (Å²) in [4.78, 5) is 14.2. The van der Waals surface area contributed by atoms with Crippen LogP contribution in [0.3, 0.4) is 0 Å². The summed E-state index contributed by atoms with van der Waals surface area (Å²) in [5.41, 5.74) is 1.33. The number of halogens is 1. The third-order valence-corrected chi connectivity index (χ3v) is 3.46. The lowest BCUT2D eigenvalue weighted by molar-refractivity contribution is 0.0743. The van der Waals surface area contributed by atoms with Gasteiger partial charge in [-0.3, -0.25) is 4.79 Å². The number of likely N-dealkylation sites (tertiary alicyclic amines) is 1. The van der Waals surface area contributed by atoms with Gasteiger partial charge in [0.25, 0.3) is 5.91 Å². The predicted molar refractivity (Wildman–Crippen MR) is 65.4 cm³/mol. The molecule has 0 N–H and O–H groups in total. The number of amides is 1. The van der Waals surface area contributed by atoms with Crippen LogP contribution in [-0.2, 0) is 0 Å². The van der Waals surface area contributed by atoms with Gasteiger partial charge in [0.1, 0.15) is 5.82 Å². The highest BCUT2D eigenvalue weighted by Crippen LogP contribution is 2.25. The van der Waals surface area contributed by atoms with Crippen molar-refractivity contribution in [3.8, 4) is 0 Å². The number of carbonyl (C=O) groups is 1. The quantitative estimate of drug-likeness (QED) is 0.732. The fraction of sp³-hybridized carbons (Fsp3) is 0.500. The van der Waals surface area contributed by atoms with E-state index in [1.54, 1.807) is 13.0 Å². The molecule has 17 heavy (non-hydrogen) atoms.